The van der Waals surface area contributed by atoms with Crippen molar-refractivity contribution in [1.82, 2.24) is 15.0 Å². The molecule has 5 rings (SSSR count). The Morgan fingerprint density at radius 3 is 2.82 bits per heavy atom. The van der Waals surface area contributed by atoms with E-state index < -0.39 is 6.10 Å². The Balaban J connectivity index is 1.43. The predicted molar refractivity (Wildman–Crippen MR) is 130 cm³/mol. The Hall–Kier alpha value is -3.62. The molecule has 4 aromatic heterocycles. The van der Waals surface area contributed by atoms with E-state index in [1.165, 1.54) is 0 Å². The Labute approximate surface area is 197 Å². The Morgan fingerprint density at radius 1 is 1.21 bits per heavy atom. The maximum Gasteiger partial charge on any atom is 0.185 e. The van der Waals surface area contributed by atoms with Crippen LogP contribution in [0.4, 0.5) is 5.69 Å². The number of rotatable bonds is 5. The molecule has 0 radical (unpaired) electrons. The third kappa shape index (κ3) is 4.18. The molecule has 34 heavy (non-hydrogen) atoms. The van der Waals surface area contributed by atoms with E-state index in [9.17, 15) is 9.90 Å². The number of carbonyl (C=O) groups excluding carboxylic acids is 1. The zero-order chi connectivity index (χ0) is 23.8. The van der Waals surface area contributed by atoms with Crippen LogP contribution in [0.3, 0.4) is 0 Å². The first-order valence-electron chi connectivity index (χ1n) is 11.4. The van der Waals surface area contributed by atoms with Crippen LogP contribution in [0.15, 0.2) is 59.6 Å². The number of hydrogen-bond donors (Lipinski definition) is 2. The molecule has 0 aliphatic carbocycles. The van der Waals surface area contributed by atoms with Crippen LogP contribution in [-0.4, -0.2) is 51.1 Å². The van der Waals surface area contributed by atoms with Crippen LogP contribution in [0.25, 0.3) is 22.2 Å². The number of fused-ring (bicyclic) bond motifs is 1. The number of aliphatic hydroxyl groups is 1. The smallest absolute Gasteiger partial charge is 0.185 e. The van der Waals surface area contributed by atoms with Gasteiger partial charge in [0.25, 0.3) is 0 Å². The van der Waals surface area contributed by atoms with Crippen LogP contribution in [0.5, 0.6) is 0 Å². The van der Waals surface area contributed by atoms with Crippen molar-refractivity contribution in [2.24, 2.45) is 11.7 Å². The zero-order valence-corrected chi connectivity index (χ0v) is 19.2. The van der Waals surface area contributed by atoms with Crippen LogP contribution >= 0.6 is 0 Å². The lowest BCUT2D eigenvalue weighted by Gasteiger charge is -2.40. The number of nitrogens with zero attached hydrogens (tertiary/aromatic N) is 4. The van der Waals surface area contributed by atoms with Gasteiger partial charge in [0.15, 0.2) is 11.4 Å². The summed E-state index contributed by atoms with van der Waals surface area (Å²) in [5.74, 6) is -0.0833. The van der Waals surface area contributed by atoms with Gasteiger partial charge in [-0.3, -0.25) is 14.8 Å². The van der Waals surface area contributed by atoms with E-state index in [0.29, 0.717) is 29.9 Å². The quantitative estimate of drug-likeness (QED) is 0.439. The minimum atomic E-state index is -0.535. The highest BCUT2D eigenvalue weighted by atomic mass is 16.3. The first kappa shape index (κ1) is 22.2. The molecule has 1 fully saturated rings. The summed E-state index contributed by atoms with van der Waals surface area (Å²) in [7, 11) is 0. The van der Waals surface area contributed by atoms with Crippen molar-refractivity contribution < 1.29 is 14.3 Å². The second kappa shape index (κ2) is 8.96. The molecule has 3 N–H and O–H groups in total. The standard InChI is InChI=1S/C26H27N5O3/c1-15-12-31(13-20(27)26(15)33)22-7-8-28-10-18(22)9-23(32)21-5-6-24-25(30-21)19(14-34-24)17-4-3-16(2)29-11-17/h3-8,10-11,14-15,20,26,33H,9,12-13,27H2,1-2H3/t15-,20+,26+/m0/s1. The van der Waals surface area contributed by atoms with Crippen LogP contribution < -0.4 is 10.6 Å². The summed E-state index contributed by atoms with van der Waals surface area (Å²) in [5.41, 5.74) is 12.1. The molecule has 0 amide bonds. The number of anilines is 1. The number of ketones is 1. The molecule has 5 heterocycles. The lowest BCUT2D eigenvalue weighted by Crippen LogP contribution is -2.55. The molecule has 0 bridgehead atoms. The normalized spacial score (nSPS) is 20.6. The van der Waals surface area contributed by atoms with E-state index in [4.69, 9.17) is 10.2 Å². The maximum absolute atomic E-state index is 13.3. The SMILES string of the molecule is Cc1ccc(-c2coc3ccc(C(=O)Cc4cnccc4N4C[C@@H](N)[C@H](O)[C@@H](C)C4)nc23)cn1. The number of pyridine rings is 3. The van der Waals surface area contributed by atoms with Gasteiger partial charge in [-0.05, 0) is 31.2 Å². The monoisotopic (exact) mass is 457 g/mol. The molecule has 1 aliphatic rings. The summed E-state index contributed by atoms with van der Waals surface area (Å²) in [4.78, 5) is 28.6. The van der Waals surface area contributed by atoms with Crippen molar-refractivity contribution in [2.75, 3.05) is 18.0 Å². The van der Waals surface area contributed by atoms with Gasteiger partial charge >= 0.3 is 0 Å². The lowest BCUT2D eigenvalue weighted by molar-refractivity contribution is 0.0784. The summed E-state index contributed by atoms with van der Waals surface area (Å²) >= 11 is 0. The molecule has 174 valence electrons. The van der Waals surface area contributed by atoms with E-state index in [-0.39, 0.29) is 24.2 Å². The predicted octanol–water partition coefficient (Wildman–Crippen LogP) is 3.16. The molecule has 3 atom stereocenters. The highest BCUT2D eigenvalue weighted by molar-refractivity contribution is 6.00. The van der Waals surface area contributed by atoms with Crippen molar-refractivity contribution in [1.29, 1.82) is 0 Å². The summed E-state index contributed by atoms with van der Waals surface area (Å²) in [6, 6.07) is 8.91. The molecular weight excluding hydrogens is 430 g/mol. The maximum atomic E-state index is 13.3. The largest absolute Gasteiger partial charge is 0.462 e. The summed E-state index contributed by atoms with van der Waals surface area (Å²) < 4.78 is 5.66. The Kier molecular flexibility index (Phi) is 5.85. The van der Waals surface area contributed by atoms with Crippen molar-refractivity contribution >= 4 is 22.6 Å². The summed E-state index contributed by atoms with van der Waals surface area (Å²) in [5, 5.41) is 10.2. The van der Waals surface area contributed by atoms with Gasteiger partial charge in [0.2, 0.25) is 0 Å². The highest BCUT2D eigenvalue weighted by Crippen LogP contribution is 2.30. The van der Waals surface area contributed by atoms with Gasteiger partial charge in [0, 0.05) is 78.1 Å². The van der Waals surface area contributed by atoms with Crippen LogP contribution in [0.1, 0.15) is 28.7 Å². The molecule has 0 unspecified atom stereocenters. The molecule has 1 aliphatic heterocycles. The average molecular weight is 458 g/mol. The minimum Gasteiger partial charge on any atom is -0.462 e. The molecule has 1 saturated heterocycles. The summed E-state index contributed by atoms with van der Waals surface area (Å²) in [6.07, 6.45) is 6.47. The molecule has 0 saturated carbocycles. The van der Waals surface area contributed by atoms with E-state index in [1.54, 1.807) is 37.0 Å². The van der Waals surface area contributed by atoms with Gasteiger partial charge < -0.3 is 20.2 Å². The minimum absolute atomic E-state index is 0.0281. The van der Waals surface area contributed by atoms with E-state index >= 15 is 0 Å². The van der Waals surface area contributed by atoms with Gasteiger partial charge in [-0.1, -0.05) is 13.0 Å². The van der Waals surface area contributed by atoms with Crippen LogP contribution in [0, 0.1) is 12.8 Å². The topological polar surface area (TPSA) is 118 Å². The average Bonchev–Trinajstić information content (AvgIpc) is 3.26. The number of Topliss-reactive ketones (excluding diaryl/α,β-unsaturated/α-hetero) is 1. The van der Waals surface area contributed by atoms with Crippen molar-refractivity contribution in [3.8, 4) is 11.1 Å². The molecule has 0 spiro atoms. The Morgan fingerprint density at radius 2 is 2.06 bits per heavy atom. The first-order valence-corrected chi connectivity index (χ1v) is 11.4. The van der Waals surface area contributed by atoms with Gasteiger partial charge in [0.1, 0.15) is 17.5 Å². The number of hydrogen-bond acceptors (Lipinski definition) is 8. The number of carbonyl (C=O) groups is 1. The molecule has 8 heteroatoms. The van der Waals surface area contributed by atoms with Gasteiger partial charge in [-0.25, -0.2) is 4.98 Å². The van der Waals surface area contributed by atoms with E-state index in [0.717, 1.165) is 28.1 Å². The number of aliphatic hydroxyl groups excluding tert-OH is 1. The van der Waals surface area contributed by atoms with Crippen molar-refractivity contribution in [2.45, 2.75) is 32.4 Å². The number of nitrogens with two attached hydrogens (primary N) is 1. The first-order chi connectivity index (χ1) is 16.4. The van der Waals surface area contributed by atoms with E-state index in [1.807, 2.05) is 32.0 Å². The lowest BCUT2D eigenvalue weighted by atomic mass is 9.92. The third-order valence-corrected chi connectivity index (χ3v) is 6.46. The fourth-order valence-electron chi connectivity index (χ4n) is 4.54. The second-order valence-electron chi connectivity index (χ2n) is 9.02. The molecule has 4 aromatic rings. The number of aromatic nitrogens is 3. The van der Waals surface area contributed by atoms with Crippen molar-refractivity contribution in [3.05, 3.63) is 72.1 Å². The highest BCUT2D eigenvalue weighted by Gasteiger charge is 2.32. The summed E-state index contributed by atoms with van der Waals surface area (Å²) in [6.45, 7) is 5.09. The van der Waals surface area contributed by atoms with Crippen molar-refractivity contribution in [3.63, 3.8) is 0 Å². The molecular formula is C26H27N5O3. The van der Waals surface area contributed by atoms with Gasteiger partial charge in [0.05, 0.1) is 6.10 Å². The van der Waals surface area contributed by atoms with E-state index in [2.05, 4.69) is 19.9 Å². The van der Waals surface area contributed by atoms with Crippen LogP contribution in [-0.2, 0) is 6.42 Å². The zero-order valence-electron chi connectivity index (χ0n) is 19.2. The number of furan rings is 1. The van der Waals surface area contributed by atoms with Gasteiger partial charge in [-0.2, -0.15) is 0 Å². The van der Waals surface area contributed by atoms with Crippen LogP contribution in [0.2, 0.25) is 0 Å². The fraction of sp³-hybridized carbons (Fsp3) is 0.308. The van der Waals surface area contributed by atoms with Gasteiger partial charge in [-0.15, -0.1) is 0 Å². The fourth-order valence-corrected chi connectivity index (χ4v) is 4.54. The number of piperidine rings is 1. The Bertz CT molecular complexity index is 1320. The third-order valence-electron chi connectivity index (χ3n) is 6.46. The number of aryl methyl sites for hydroxylation is 1. The molecule has 0 aromatic carbocycles. The molecule has 8 nitrogen and oxygen atoms in total. The second-order valence-corrected chi connectivity index (χ2v) is 9.02.